The molecule has 0 amide bonds. The first-order valence-electron chi connectivity index (χ1n) is 6.24. The summed E-state index contributed by atoms with van der Waals surface area (Å²) < 4.78 is 1.78. The lowest BCUT2D eigenvalue weighted by molar-refractivity contribution is 0.807. The predicted molar refractivity (Wildman–Crippen MR) is 79.7 cm³/mol. The van der Waals surface area contributed by atoms with Gasteiger partial charge >= 0.3 is 0 Å². The molecule has 0 fully saturated rings. The number of benzene rings is 2. The summed E-state index contributed by atoms with van der Waals surface area (Å²) in [5, 5.41) is 8.82. The van der Waals surface area contributed by atoms with Crippen LogP contribution in [0.4, 0.5) is 0 Å². The lowest BCUT2D eigenvalue weighted by atomic mass is 10.0. The molecular formula is C15H13ClN4. The van der Waals surface area contributed by atoms with Crippen molar-refractivity contribution in [1.29, 1.82) is 0 Å². The Hall–Kier alpha value is -2.17. The molecule has 3 rings (SSSR count). The fourth-order valence-electron chi connectivity index (χ4n) is 2.14. The van der Waals surface area contributed by atoms with Crippen molar-refractivity contribution in [3.05, 3.63) is 65.3 Å². The molecular weight excluding hydrogens is 272 g/mol. The van der Waals surface area contributed by atoms with Gasteiger partial charge in [0, 0.05) is 17.1 Å². The summed E-state index contributed by atoms with van der Waals surface area (Å²) in [5.74, 6) is 0. The molecule has 0 saturated heterocycles. The molecule has 20 heavy (non-hydrogen) atoms. The Morgan fingerprint density at radius 1 is 1.10 bits per heavy atom. The molecule has 2 aromatic carbocycles. The molecule has 1 aromatic heterocycles. The van der Waals surface area contributed by atoms with Crippen molar-refractivity contribution < 1.29 is 0 Å². The highest BCUT2D eigenvalue weighted by molar-refractivity contribution is 6.30. The van der Waals surface area contributed by atoms with Crippen molar-refractivity contribution in [3.8, 4) is 16.9 Å². The van der Waals surface area contributed by atoms with E-state index in [1.54, 1.807) is 10.9 Å². The molecule has 0 atom stereocenters. The molecule has 1 heterocycles. The summed E-state index contributed by atoms with van der Waals surface area (Å²) in [6, 6.07) is 15.5. The third kappa shape index (κ3) is 2.31. The molecule has 2 N–H and O–H groups in total. The van der Waals surface area contributed by atoms with E-state index < -0.39 is 0 Å². The Morgan fingerprint density at radius 3 is 2.65 bits per heavy atom. The van der Waals surface area contributed by atoms with E-state index in [1.807, 2.05) is 48.5 Å². The van der Waals surface area contributed by atoms with Crippen LogP contribution < -0.4 is 5.73 Å². The molecule has 3 aromatic rings. The van der Waals surface area contributed by atoms with E-state index in [0.29, 0.717) is 11.6 Å². The molecule has 0 bridgehead atoms. The Bertz CT molecular complexity index is 722. The molecule has 0 unspecified atom stereocenters. The third-order valence-corrected chi connectivity index (χ3v) is 3.35. The maximum Gasteiger partial charge on any atom is 0.0948 e. The van der Waals surface area contributed by atoms with Gasteiger partial charge < -0.3 is 5.73 Å². The largest absolute Gasteiger partial charge is 0.326 e. The Morgan fingerprint density at radius 2 is 1.90 bits per heavy atom. The van der Waals surface area contributed by atoms with Crippen molar-refractivity contribution in [2.24, 2.45) is 5.73 Å². The van der Waals surface area contributed by atoms with Gasteiger partial charge in [-0.3, -0.25) is 0 Å². The summed E-state index contributed by atoms with van der Waals surface area (Å²) in [5.41, 5.74) is 9.58. The number of para-hydroxylation sites is 1. The lowest BCUT2D eigenvalue weighted by Gasteiger charge is -2.10. The zero-order valence-corrected chi connectivity index (χ0v) is 11.5. The van der Waals surface area contributed by atoms with E-state index in [4.69, 9.17) is 17.3 Å². The zero-order chi connectivity index (χ0) is 13.9. The van der Waals surface area contributed by atoms with Crippen LogP contribution in [0.15, 0.2) is 54.7 Å². The minimum atomic E-state index is 0.437. The van der Waals surface area contributed by atoms with Crippen molar-refractivity contribution in [1.82, 2.24) is 15.0 Å². The SMILES string of the molecule is NCc1ccc(Cl)cc1-c1cnnn1-c1ccccc1. The van der Waals surface area contributed by atoms with Crippen LogP contribution in [0.2, 0.25) is 5.02 Å². The van der Waals surface area contributed by atoms with Crippen LogP contribution in [-0.4, -0.2) is 15.0 Å². The van der Waals surface area contributed by atoms with Crippen LogP contribution in [0.25, 0.3) is 16.9 Å². The Kier molecular flexibility index (Phi) is 3.50. The highest BCUT2D eigenvalue weighted by atomic mass is 35.5. The predicted octanol–water partition coefficient (Wildman–Crippen LogP) is 3.05. The second-order valence-corrected chi connectivity index (χ2v) is 4.81. The van der Waals surface area contributed by atoms with Gasteiger partial charge in [-0.05, 0) is 29.8 Å². The van der Waals surface area contributed by atoms with E-state index in [-0.39, 0.29) is 0 Å². The van der Waals surface area contributed by atoms with Crippen LogP contribution in [0, 0.1) is 0 Å². The van der Waals surface area contributed by atoms with Gasteiger partial charge in [0.2, 0.25) is 0 Å². The fraction of sp³-hybridized carbons (Fsp3) is 0.0667. The summed E-state index contributed by atoms with van der Waals surface area (Å²) in [4.78, 5) is 0. The molecule has 0 saturated carbocycles. The second-order valence-electron chi connectivity index (χ2n) is 4.37. The van der Waals surface area contributed by atoms with Crippen LogP contribution in [0.3, 0.4) is 0 Å². The van der Waals surface area contributed by atoms with Crippen molar-refractivity contribution in [2.75, 3.05) is 0 Å². The van der Waals surface area contributed by atoms with Gasteiger partial charge in [0.15, 0.2) is 0 Å². The fourth-order valence-corrected chi connectivity index (χ4v) is 2.32. The summed E-state index contributed by atoms with van der Waals surface area (Å²) >= 11 is 6.10. The highest BCUT2D eigenvalue weighted by Gasteiger charge is 2.12. The first kappa shape index (κ1) is 12.8. The Labute approximate surface area is 121 Å². The normalized spacial score (nSPS) is 10.7. The molecule has 0 radical (unpaired) electrons. The van der Waals surface area contributed by atoms with Crippen LogP contribution in [0.5, 0.6) is 0 Å². The number of hydrogen-bond donors (Lipinski definition) is 1. The van der Waals surface area contributed by atoms with Gasteiger partial charge in [0.25, 0.3) is 0 Å². The van der Waals surface area contributed by atoms with Gasteiger partial charge in [0.05, 0.1) is 17.6 Å². The monoisotopic (exact) mass is 284 g/mol. The van der Waals surface area contributed by atoms with Crippen molar-refractivity contribution in [3.63, 3.8) is 0 Å². The summed E-state index contributed by atoms with van der Waals surface area (Å²) in [6.07, 6.45) is 1.72. The molecule has 0 aliphatic carbocycles. The van der Waals surface area contributed by atoms with Crippen LogP contribution in [-0.2, 0) is 6.54 Å². The number of halogens is 1. The van der Waals surface area contributed by atoms with Gasteiger partial charge in [-0.2, -0.15) is 0 Å². The van der Waals surface area contributed by atoms with E-state index in [2.05, 4.69) is 10.3 Å². The topological polar surface area (TPSA) is 56.7 Å². The highest BCUT2D eigenvalue weighted by Crippen LogP contribution is 2.27. The average Bonchev–Trinajstić information content (AvgIpc) is 2.97. The van der Waals surface area contributed by atoms with Gasteiger partial charge in [0.1, 0.15) is 0 Å². The minimum Gasteiger partial charge on any atom is -0.326 e. The van der Waals surface area contributed by atoms with E-state index in [0.717, 1.165) is 22.5 Å². The molecule has 5 heteroatoms. The third-order valence-electron chi connectivity index (χ3n) is 3.12. The van der Waals surface area contributed by atoms with Crippen LogP contribution >= 0.6 is 11.6 Å². The summed E-state index contributed by atoms with van der Waals surface area (Å²) in [6.45, 7) is 0.437. The number of hydrogen-bond acceptors (Lipinski definition) is 3. The first-order chi connectivity index (χ1) is 9.79. The maximum atomic E-state index is 6.10. The van der Waals surface area contributed by atoms with Crippen molar-refractivity contribution in [2.45, 2.75) is 6.54 Å². The smallest absolute Gasteiger partial charge is 0.0948 e. The molecule has 0 aliphatic heterocycles. The van der Waals surface area contributed by atoms with E-state index in [9.17, 15) is 0 Å². The van der Waals surface area contributed by atoms with Gasteiger partial charge in [-0.15, -0.1) is 5.10 Å². The maximum absolute atomic E-state index is 6.10. The van der Waals surface area contributed by atoms with E-state index >= 15 is 0 Å². The van der Waals surface area contributed by atoms with Crippen molar-refractivity contribution >= 4 is 11.6 Å². The number of aromatic nitrogens is 3. The molecule has 0 spiro atoms. The number of nitrogens with two attached hydrogens (primary N) is 1. The van der Waals surface area contributed by atoms with Gasteiger partial charge in [-0.1, -0.05) is 41.1 Å². The molecule has 4 nitrogen and oxygen atoms in total. The zero-order valence-electron chi connectivity index (χ0n) is 10.7. The first-order valence-corrected chi connectivity index (χ1v) is 6.62. The average molecular weight is 285 g/mol. The van der Waals surface area contributed by atoms with Crippen LogP contribution in [0.1, 0.15) is 5.56 Å². The van der Waals surface area contributed by atoms with Gasteiger partial charge in [-0.25, -0.2) is 4.68 Å². The lowest BCUT2D eigenvalue weighted by Crippen LogP contribution is -2.03. The second kappa shape index (κ2) is 5.45. The number of nitrogens with zero attached hydrogens (tertiary/aromatic N) is 3. The molecule has 0 aliphatic rings. The Balaban J connectivity index is 2.18. The summed E-state index contributed by atoms with van der Waals surface area (Å²) in [7, 11) is 0. The standard InChI is InChI=1S/C15H13ClN4/c16-12-7-6-11(9-17)14(8-12)15-10-18-19-20(15)13-4-2-1-3-5-13/h1-8,10H,9,17H2. The minimum absolute atomic E-state index is 0.437. The van der Waals surface area contributed by atoms with E-state index in [1.165, 1.54) is 0 Å². The quantitative estimate of drug-likeness (QED) is 0.804. The number of rotatable bonds is 3. The molecule has 100 valence electrons.